The molecule has 1 aliphatic rings. The second kappa shape index (κ2) is 7.24. The second-order valence-electron chi connectivity index (χ2n) is 6.33. The Morgan fingerprint density at radius 2 is 1.61 bits per heavy atom. The van der Waals surface area contributed by atoms with Crippen LogP contribution in [0.4, 0.5) is 0 Å². The Morgan fingerprint density at radius 1 is 0.913 bits per heavy atom. The molecule has 0 bridgehead atoms. The molecule has 2 atom stereocenters. The fourth-order valence-corrected chi connectivity index (χ4v) is 3.39. The van der Waals surface area contributed by atoms with Crippen molar-refractivity contribution in [1.82, 2.24) is 5.32 Å². The van der Waals surface area contributed by atoms with Gasteiger partial charge in [-0.15, -0.1) is 0 Å². The Kier molecular flexibility index (Phi) is 5.09. The van der Waals surface area contributed by atoms with Gasteiger partial charge in [0.1, 0.15) is 0 Å². The number of hydrogen-bond acceptors (Lipinski definition) is 3. The predicted octanol–water partition coefficient (Wildman–Crippen LogP) is 4.05. The van der Waals surface area contributed by atoms with Gasteiger partial charge in [0.2, 0.25) is 0 Å². The molecule has 0 saturated carbocycles. The van der Waals surface area contributed by atoms with E-state index >= 15 is 0 Å². The van der Waals surface area contributed by atoms with Gasteiger partial charge in [-0.2, -0.15) is 0 Å². The first-order valence-corrected chi connectivity index (χ1v) is 8.49. The molecule has 2 aromatic carbocycles. The molecule has 1 aliphatic heterocycles. The van der Waals surface area contributed by atoms with E-state index in [1.807, 2.05) is 18.2 Å². The van der Waals surface area contributed by atoms with Crippen LogP contribution in [0.5, 0.6) is 11.5 Å². The van der Waals surface area contributed by atoms with E-state index in [0.717, 1.165) is 36.3 Å². The van der Waals surface area contributed by atoms with Crippen molar-refractivity contribution in [3.8, 4) is 11.5 Å². The summed E-state index contributed by atoms with van der Waals surface area (Å²) in [5.41, 5.74) is 2.37. The van der Waals surface area contributed by atoms with Crippen LogP contribution in [0.2, 0.25) is 5.02 Å². The van der Waals surface area contributed by atoms with E-state index in [4.69, 9.17) is 11.6 Å². The van der Waals surface area contributed by atoms with Crippen molar-refractivity contribution in [2.24, 2.45) is 0 Å². The van der Waals surface area contributed by atoms with Crippen molar-refractivity contribution < 1.29 is 10.2 Å². The smallest absolute Gasteiger partial charge is 0.157 e. The SMILES string of the molecule is Oc1ccc(CC2CCC(CCc3ccc(Cl)cc3)N2)cc1O. The summed E-state index contributed by atoms with van der Waals surface area (Å²) in [4.78, 5) is 0. The highest BCUT2D eigenvalue weighted by Crippen LogP contribution is 2.27. The quantitative estimate of drug-likeness (QED) is 0.724. The maximum atomic E-state index is 9.58. The van der Waals surface area contributed by atoms with Gasteiger partial charge in [0.05, 0.1) is 0 Å². The minimum absolute atomic E-state index is 0.0419. The number of aromatic hydroxyl groups is 2. The van der Waals surface area contributed by atoms with Crippen LogP contribution >= 0.6 is 11.6 Å². The van der Waals surface area contributed by atoms with Crippen LogP contribution in [0.1, 0.15) is 30.4 Å². The van der Waals surface area contributed by atoms with E-state index in [-0.39, 0.29) is 11.5 Å². The Bertz CT molecular complexity index is 657. The van der Waals surface area contributed by atoms with Crippen molar-refractivity contribution in [1.29, 1.82) is 0 Å². The Hall–Kier alpha value is -1.71. The van der Waals surface area contributed by atoms with Crippen molar-refractivity contribution in [3.63, 3.8) is 0 Å². The zero-order chi connectivity index (χ0) is 16.2. The summed E-state index contributed by atoms with van der Waals surface area (Å²) in [5.74, 6) is -0.103. The van der Waals surface area contributed by atoms with Gasteiger partial charge in [0, 0.05) is 17.1 Å². The Labute approximate surface area is 141 Å². The monoisotopic (exact) mass is 331 g/mol. The molecule has 1 heterocycles. The zero-order valence-corrected chi connectivity index (χ0v) is 13.8. The highest BCUT2D eigenvalue weighted by molar-refractivity contribution is 6.30. The third-order valence-electron chi connectivity index (χ3n) is 4.55. The summed E-state index contributed by atoms with van der Waals surface area (Å²) in [5, 5.41) is 23.4. The lowest BCUT2D eigenvalue weighted by Gasteiger charge is -2.15. The molecule has 4 heteroatoms. The van der Waals surface area contributed by atoms with Gasteiger partial charge < -0.3 is 15.5 Å². The molecule has 2 unspecified atom stereocenters. The molecular formula is C19H22ClNO2. The van der Waals surface area contributed by atoms with E-state index in [9.17, 15) is 10.2 Å². The fourth-order valence-electron chi connectivity index (χ4n) is 3.26. The molecular weight excluding hydrogens is 310 g/mol. The van der Waals surface area contributed by atoms with Crippen LogP contribution in [0.15, 0.2) is 42.5 Å². The summed E-state index contributed by atoms with van der Waals surface area (Å²) < 4.78 is 0. The fraction of sp³-hybridized carbons (Fsp3) is 0.368. The van der Waals surface area contributed by atoms with E-state index in [2.05, 4.69) is 17.4 Å². The molecule has 3 N–H and O–H groups in total. The van der Waals surface area contributed by atoms with Crippen LogP contribution in [0.3, 0.4) is 0 Å². The normalized spacial score (nSPS) is 20.7. The summed E-state index contributed by atoms with van der Waals surface area (Å²) >= 11 is 5.91. The summed E-state index contributed by atoms with van der Waals surface area (Å²) in [6, 6.07) is 14.1. The van der Waals surface area contributed by atoms with Crippen molar-refractivity contribution in [2.75, 3.05) is 0 Å². The molecule has 0 aliphatic carbocycles. The van der Waals surface area contributed by atoms with Crippen LogP contribution in [0.25, 0.3) is 0 Å². The van der Waals surface area contributed by atoms with E-state index in [0.29, 0.717) is 12.1 Å². The van der Waals surface area contributed by atoms with Crippen LogP contribution < -0.4 is 5.32 Å². The average molecular weight is 332 g/mol. The van der Waals surface area contributed by atoms with E-state index in [1.165, 1.54) is 12.0 Å². The summed E-state index contributed by atoms with van der Waals surface area (Å²) in [6.07, 6.45) is 5.39. The van der Waals surface area contributed by atoms with Gasteiger partial charge in [-0.1, -0.05) is 29.8 Å². The second-order valence-corrected chi connectivity index (χ2v) is 6.77. The minimum Gasteiger partial charge on any atom is -0.504 e. The number of nitrogens with one attached hydrogen (secondary N) is 1. The van der Waals surface area contributed by atoms with Crippen molar-refractivity contribution in [3.05, 3.63) is 58.6 Å². The van der Waals surface area contributed by atoms with Gasteiger partial charge >= 0.3 is 0 Å². The standard InChI is InChI=1S/C19H22ClNO2/c20-15-5-1-13(2-6-15)3-7-16-8-9-17(21-16)11-14-4-10-18(22)19(23)12-14/h1-2,4-6,10,12,16-17,21-23H,3,7-9,11H2. The van der Waals surface area contributed by atoms with Crippen molar-refractivity contribution in [2.45, 2.75) is 44.2 Å². The van der Waals surface area contributed by atoms with Gasteiger partial charge in [-0.3, -0.25) is 0 Å². The van der Waals surface area contributed by atoms with Gasteiger partial charge in [0.25, 0.3) is 0 Å². The highest BCUT2D eigenvalue weighted by atomic mass is 35.5. The molecule has 3 nitrogen and oxygen atoms in total. The summed E-state index contributed by atoms with van der Waals surface area (Å²) in [6.45, 7) is 0. The molecule has 3 rings (SSSR count). The molecule has 1 saturated heterocycles. The van der Waals surface area contributed by atoms with Crippen LogP contribution in [-0.4, -0.2) is 22.3 Å². The lowest BCUT2D eigenvalue weighted by Crippen LogP contribution is -2.31. The van der Waals surface area contributed by atoms with E-state index in [1.54, 1.807) is 12.1 Å². The Balaban J connectivity index is 1.48. The lowest BCUT2D eigenvalue weighted by molar-refractivity contribution is 0.402. The molecule has 122 valence electrons. The van der Waals surface area contributed by atoms with Crippen molar-refractivity contribution >= 4 is 11.6 Å². The number of hydrogen-bond donors (Lipinski definition) is 3. The molecule has 0 aromatic heterocycles. The Morgan fingerprint density at radius 3 is 2.35 bits per heavy atom. The highest BCUT2D eigenvalue weighted by Gasteiger charge is 2.23. The first kappa shape index (κ1) is 16.2. The lowest BCUT2D eigenvalue weighted by atomic mass is 10.0. The van der Waals surface area contributed by atoms with Gasteiger partial charge in [0.15, 0.2) is 11.5 Å². The molecule has 1 fully saturated rings. The largest absolute Gasteiger partial charge is 0.504 e. The molecule has 0 radical (unpaired) electrons. The maximum absolute atomic E-state index is 9.58. The number of benzene rings is 2. The third kappa shape index (κ3) is 4.40. The topological polar surface area (TPSA) is 52.5 Å². The van der Waals surface area contributed by atoms with Crippen LogP contribution in [0, 0.1) is 0 Å². The zero-order valence-electron chi connectivity index (χ0n) is 13.0. The average Bonchev–Trinajstić information content (AvgIpc) is 2.98. The summed E-state index contributed by atoms with van der Waals surface area (Å²) in [7, 11) is 0. The predicted molar refractivity (Wildman–Crippen MR) is 93.2 cm³/mol. The van der Waals surface area contributed by atoms with Gasteiger partial charge in [-0.25, -0.2) is 0 Å². The molecule has 0 amide bonds. The third-order valence-corrected chi connectivity index (χ3v) is 4.80. The number of aryl methyl sites for hydroxylation is 1. The molecule has 23 heavy (non-hydrogen) atoms. The van der Waals surface area contributed by atoms with E-state index < -0.39 is 0 Å². The minimum atomic E-state index is -0.0611. The molecule has 0 spiro atoms. The number of phenolic OH excluding ortho intramolecular Hbond substituents is 2. The first-order valence-electron chi connectivity index (χ1n) is 8.11. The van der Waals surface area contributed by atoms with Gasteiger partial charge in [-0.05, 0) is 67.5 Å². The number of phenols is 2. The first-order chi connectivity index (χ1) is 11.1. The number of rotatable bonds is 5. The maximum Gasteiger partial charge on any atom is 0.157 e. The van der Waals surface area contributed by atoms with Crippen LogP contribution in [-0.2, 0) is 12.8 Å². The molecule has 2 aromatic rings. The number of halogens is 1.